The monoisotopic (exact) mass is 715 g/mol. The molecule has 8 aromatic carbocycles. The average Bonchev–Trinajstić information content (AvgIpc) is 3.77. The Hall–Kier alpha value is -7.30. The zero-order chi connectivity index (χ0) is 36.5. The molecule has 56 heavy (non-hydrogen) atoms. The zero-order valence-corrected chi connectivity index (χ0v) is 30.3. The number of nitrogens with zero attached hydrogens (tertiary/aromatic N) is 2. The van der Waals surface area contributed by atoms with E-state index in [9.17, 15) is 0 Å². The number of ether oxygens (including phenoxy) is 1. The molecule has 3 aliphatic heterocycles. The van der Waals surface area contributed by atoms with Gasteiger partial charge >= 0.3 is 0 Å². The van der Waals surface area contributed by atoms with Gasteiger partial charge in [0.2, 0.25) is 0 Å². The van der Waals surface area contributed by atoms with Crippen molar-refractivity contribution in [3.8, 4) is 34.0 Å². The molecule has 1 N–H and O–H groups in total. The molecule has 0 aliphatic carbocycles. The Morgan fingerprint density at radius 3 is 2.07 bits per heavy atom. The Kier molecular flexibility index (Phi) is 5.85. The van der Waals surface area contributed by atoms with Crippen LogP contribution in [-0.2, 0) is 5.41 Å². The third kappa shape index (κ3) is 3.73. The van der Waals surface area contributed by atoms with Crippen LogP contribution >= 0.6 is 0 Å². The first-order valence-corrected chi connectivity index (χ1v) is 19.4. The number of rotatable bonds is 2. The summed E-state index contributed by atoms with van der Waals surface area (Å²) in [5, 5.41) is 8.55. The minimum atomic E-state index is -0.623. The van der Waals surface area contributed by atoms with E-state index >= 15 is 0 Å². The van der Waals surface area contributed by atoms with E-state index in [0.717, 1.165) is 40.4 Å². The normalized spacial score (nSPS) is 16.1. The standard InChI is InChI=1S/C52H33N3O/c1-6-22-45-36(14-1)38-17-10-20-42-51(38)55(45)46-23-7-3-18-40(46)52(42)41-19-4-8-24-48(41)56-49-31-47-39(30-43(49)52)37-15-2-5-21-44(37)54(47)34-27-25-32(26-28-34)35-16-9-12-33-13-11-29-53-50(33)35/h1-28,30-31,53H,29H2. The molecule has 1 spiro atoms. The molecule has 5 heterocycles. The van der Waals surface area contributed by atoms with Crippen molar-refractivity contribution in [1.82, 2.24) is 9.13 Å². The van der Waals surface area contributed by atoms with Crippen molar-refractivity contribution < 1.29 is 4.74 Å². The van der Waals surface area contributed by atoms with Gasteiger partial charge in [0.25, 0.3) is 0 Å². The fourth-order valence-corrected chi connectivity index (χ4v) is 10.3. The summed E-state index contributed by atoms with van der Waals surface area (Å²) in [7, 11) is 0. The van der Waals surface area contributed by atoms with Gasteiger partial charge in [0.05, 0.1) is 33.2 Å². The Morgan fingerprint density at radius 2 is 1.20 bits per heavy atom. The summed E-state index contributed by atoms with van der Waals surface area (Å²) in [5.41, 5.74) is 16.1. The van der Waals surface area contributed by atoms with Gasteiger partial charge in [-0.15, -0.1) is 0 Å². The second kappa shape index (κ2) is 10.9. The second-order valence-electron chi connectivity index (χ2n) is 15.2. The van der Waals surface area contributed by atoms with Crippen LogP contribution in [0.25, 0.3) is 72.2 Å². The largest absolute Gasteiger partial charge is 0.457 e. The van der Waals surface area contributed by atoms with Gasteiger partial charge < -0.3 is 19.2 Å². The molecule has 3 aliphatic rings. The highest BCUT2D eigenvalue weighted by Gasteiger charge is 2.50. The lowest BCUT2D eigenvalue weighted by Crippen LogP contribution is -2.37. The molecule has 0 bridgehead atoms. The molecular formula is C52H33N3O. The summed E-state index contributed by atoms with van der Waals surface area (Å²) in [6.45, 7) is 0.839. The second-order valence-corrected chi connectivity index (χ2v) is 15.2. The van der Waals surface area contributed by atoms with Crippen molar-refractivity contribution in [3.63, 3.8) is 0 Å². The zero-order valence-electron chi connectivity index (χ0n) is 30.3. The lowest BCUT2D eigenvalue weighted by molar-refractivity contribution is 0.435. The van der Waals surface area contributed by atoms with Crippen molar-refractivity contribution in [2.45, 2.75) is 5.41 Å². The minimum Gasteiger partial charge on any atom is -0.457 e. The van der Waals surface area contributed by atoms with Crippen LogP contribution in [0.5, 0.6) is 11.5 Å². The summed E-state index contributed by atoms with van der Waals surface area (Å²) >= 11 is 0. The van der Waals surface area contributed by atoms with E-state index in [0.29, 0.717) is 0 Å². The third-order valence-electron chi connectivity index (χ3n) is 12.6. The molecule has 0 fully saturated rings. The average molecular weight is 716 g/mol. The van der Waals surface area contributed by atoms with E-state index in [1.54, 1.807) is 0 Å². The SMILES string of the molecule is C1=Cc2cccc(-c3ccc(-n4c5ccccc5c5cc6c(cc54)Oc4ccccc4C64c5ccccc5-n5c6ccccc6c6cccc4c65)cc3)c2NC1. The van der Waals surface area contributed by atoms with Gasteiger partial charge in [-0.1, -0.05) is 133 Å². The maximum Gasteiger partial charge on any atom is 0.134 e. The maximum atomic E-state index is 7.05. The van der Waals surface area contributed by atoms with Crippen LogP contribution in [0.2, 0.25) is 0 Å². The first-order valence-electron chi connectivity index (χ1n) is 19.4. The van der Waals surface area contributed by atoms with Crippen LogP contribution in [-0.4, -0.2) is 15.7 Å². The van der Waals surface area contributed by atoms with E-state index in [1.807, 2.05) is 0 Å². The number of para-hydroxylation sites is 6. The van der Waals surface area contributed by atoms with Gasteiger partial charge in [-0.3, -0.25) is 0 Å². The highest BCUT2D eigenvalue weighted by atomic mass is 16.5. The summed E-state index contributed by atoms with van der Waals surface area (Å²) in [4.78, 5) is 0. The van der Waals surface area contributed by atoms with Crippen molar-refractivity contribution in [1.29, 1.82) is 0 Å². The smallest absolute Gasteiger partial charge is 0.134 e. The van der Waals surface area contributed by atoms with Crippen LogP contribution < -0.4 is 10.1 Å². The number of anilines is 1. The Labute approximate surface area is 323 Å². The quantitative estimate of drug-likeness (QED) is 0.193. The van der Waals surface area contributed by atoms with Gasteiger partial charge in [0.1, 0.15) is 11.5 Å². The summed E-state index contributed by atoms with van der Waals surface area (Å²) in [6, 6.07) is 62.5. The summed E-state index contributed by atoms with van der Waals surface area (Å²) in [5.74, 6) is 1.76. The van der Waals surface area contributed by atoms with Crippen LogP contribution in [0.1, 0.15) is 27.8 Å². The Balaban J connectivity index is 1.10. The molecule has 262 valence electrons. The summed E-state index contributed by atoms with van der Waals surface area (Å²) in [6.07, 6.45) is 4.38. The lowest BCUT2D eigenvalue weighted by Gasteiger charge is -2.45. The molecule has 4 heteroatoms. The number of benzene rings is 8. The molecule has 13 rings (SSSR count). The van der Waals surface area contributed by atoms with Crippen molar-refractivity contribution in [3.05, 3.63) is 204 Å². The molecule has 1 atom stereocenters. The first-order chi connectivity index (χ1) is 27.8. The molecule has 1 unspecified atom stereocenters. The number of fused-ring (bicyclic) bond motifs is 15. The molecule has 0 saturated heterocycles. The summed E-state index contributed by atoms with van der Waals surface area (Å²) < 4.78 is 11.9. The molecule has 10 aromatic rings. The topological polar surface area (TPSA) is 31.1 Å². The molecule has 4 nitrogen and oxygen atoms in total. The van der Waals surface area contributed by atoms with Gasteiger partial charge in [-0.2, -0.15) is 0 Å². The lowest BCUT2D eigenvalue weighted by atomic mass is 9.61. The molecule has 2 aromatic heterocycles. The molecular weight excluding hydrogens is 683 g/mol. The molecule has 0 amide bonds. The number of aromatic nitrogens is 2. The van der Waals surface area contributed by atoms with Crippen LogP contribution in [0, 0.1) is 0 Å². The number of nitrogens with one attached hydrogen (secondary N) is 1. The molecule has 0 saturated carbocycles. The van der Waals surface area contributed by atoms with E-state index in [-0.39, 0.29) is 0 Å². The minimum absolute atomic E-state index is 0.623. The van der Waals surface area contributed by atoms with Gasteiger partial charge in [0.15, 0.2) is 0 Å². The third-order valence-corrected chi connectivity index (χ3v) is 12.6. The van der Waals surface area contributed by atoms with E-state index in [2.05, 4.69) is 196 Å². The van der Waals surface area contributed by atoms with Gasteiger partial charge in [-0.25, -0.2) is 0 Å². The molecule has 0 radical (unpaired) electrons. The van der Waals surface area contributed by atoms with Crippen LogP contribution in [0.4, 0.5) is 5.69 Å². The maximum absolute atomic E-state index is 7.05. The van der Waals surface area contributed by atoms with E-state index < -0.39 is 5.41 Å². The van der Waals surface area contributed by atoms with Crippen molar-refractivity contribution in [2.75, 3.05) is 11.9 Å². The highest BCUT2D eigenvalue weighted by Crippen LogP contribution is 2.61. The van der Waals surface area contributed by atoms with Gasteiger partial charge in [-0.05, 0) is 64.7 Å². The fraction of sp³-hybridized carbons (Fsp3) is 0.0385. The van der Waals surface area contributed by atoms with E-state index in [4.69, 9.17) is 4.74 Å². The Bertz CT molecular complexity index is 3340. The van der Waals surface area contributed by atoms with Crippen molar-refractivity contribution in [2.24, 2.45) is 0 Å². The van der Waals surface area contributed by atoms with Crippen LogP contribution in [0.15, 0.2) is 176 Å². The predicted octanol–water partition coefficient (Wildman–Crippen LogP) is 12.8. The Morgan fingerprint density at radius 1 is 0.500 bits per heavy atom. The highest BCUT2D eigenvalue weighted by molar-refractivity contribution is 6.13. The number of hydrogen-bond acceptors (Lipinski definition) is 2. The number of hydrogen-bond donors (Lipinski definition) is 1. The van der Waals surface area contributed by atoms with Crippen molar-refractivity contribution >= 4 is 55.4 Å². The first kappa shape index (κ1) is 30.1. The van der Waals surface area contributed by atoms with Crippen LogP contribution in [0.3, 0.4) is 0 Å². The predicted molar refractivity (Wildman–Crippen MR) is 230 cm³/mol. The van der Waals surface area contributed by atoms with Gasteiger partial charge in [0, 0.05) is 62.2 Å². The van der Waals surface area contributed by atoms with E-state index in [1.165, 1.54) is 77.3 Å². The fourth-order valence-electron chi connectivity index (χ4n) is 10.3.